The highest BCUT2D eigenvalue weighted by molar-refractivity contribution is 5.90. The molecule has 2 atom stereocenters. The van der Waals surface area contributed by atoms with Gasteiger partial charge in [-0.15, -0.1) is 0 Å². The molecular formula is C10H18N2O3. The Labute approximate surface area is 89.2 Å². The zero-order valence-electron chi connectivity index (χ0n) is 8.95. The largest absolute Gasteiger partial charge is 0.391 e. The predicted molar refractivity (Wildman–Crippen MR) is 55.1 cm³/mol. The van der Waals surface area contributed by atoms with Crippen molar-refractivity contribution in [2.75, 3.05) is 6.54 Å². The lowest BCUT2D eigenvalue weighted by Crippen LogP contribution is -2.44. The second-order valence-electron chi connectivity index (χ2n) is 3.85. The Bertz CT molecular complexity index is 243. The van der Waals surface area contributed by atoms with E-state index in [4.69, 9.17) is 0 Å². The molecule has 2 unspecified atom stereocenters. The molecule has 86 valence electrons. The van der Waals surface area contributed by atoms with Crippen LogP contribution in [0.5, 0.6) is 0 Å². The van der Waals surface area contributed by atoms with Gasteiger partial charge in [-0.2, -0.15) is 0 Å². The first-order valence-corrected chi connectivity index (χ1v) is 5.38. The lowest BCUT2D eigenvalue weighted by Gasteiger charge is -2.13. The third kappa shape index (κ3) is 3.87. The Balaban J connectivity index is 2.21. The van der Waals surface area contributed by atoms with Gasteiger partial charge in [-0.25, -0.2) is 0 Å². The van der Waals surface area contributed by atoms with E-state index >= 15 is 0 Å². The zero-order valence-corrected chi connectivity index (χ0v) is 8.95. The van der Waals surface area contributed by atoms with Gasteiger partial charge in [0.25, 0.3) is 0 Å². The molecule has 1 fully saturated rings. The summed E-state index contributed by atoms with van der Waals surface area (Å²) in [7, 11) is 0. The van der Waals surface area contributed by atoms with Gasteiger partial charge in [0.05, 0.1) is 6.10 Å². The minimum Gasteiger partial charge on any atom is -0.391 e. The van der Waals surface area contributed by atoms with Crippen LogP contribution >= 0.6 is 0 Å². The van der Waals surface area contributed by atoms with Crippen molar-refractivity contribution in [3.63, 3.8) is 0 Å². The molecule has 0 aromatic carbocycles. The molecule has 0 saturated carbocycles. The van der Waals surface area contributed by atoms with Crippen molar-refractivity contribution in [2.24, 2.45) is 0 Å². The molecule has 0 aliphatic carbocycles. The minimum atomic E-state index is -0.490. The highest BCUT2D eigenvalue weighted by Gasteiger charge is 2.26. The van der Waals surface area contributed by atoms with Crippen LogP contribution in [0.15, 0.2) is 0 Å². The second-order valence-corrected chi connectivity index (χ2v) is 3.85. The number of hydrogen-bond acceptors (Lipinski definition) is 3. The molecule has 3 N–H and O–H groups in total. The van der Waals surface area contributed by atoms with E-state index in [1.165, 1.54) is 0 Å². The summed E-state index contributed by atoms with van der Waals surface area (Å²) in [5.41, 5.74) is 0. The third-order valence-electron chi connectivity index (χ3n) is 2.45. The molecule has 1 heterocycles. The molecule has 0 spiro atoms. The van der Waals surface area contributed by atoms with Gasteiger partial charge in [-0.1, -0.05) is 13.3 Å². The maximum Gasteiger partial charge on any atom is 0.242 e. The van der Waals surface area contributed by atoms with Gasteiger partial charge in [-0.05, 0) is 12.8 Å². The first-order valence-electron chi connectivity index (χ1n) is 5.38. The van der Waals surface area contributed by atoms with Crippen molar-refractivity contribution < 1.29 is 14.7 Å². The summed E-state index contributed by atoms with van der Waals surface area (Å²) in [6.45, 7) is 2.24. The van der Waals surface area contributed by atoms with Crippen molar-refractivity contribution in [3.05, 3.63) is 0 Å². The number of rotatable bonds is 5. The summed E-state index contributed by atoms with van der Waals surface area (Å²) in [6.07, 6.45) is 2.04. The Morgan fingerprint density at radius 1 is 1.73 bits per heavy atom. The van der Waals surface area contributed by atoms with Crippen molar-refractivity contribution in [1.29, 1.82) is 0 Å². The predicted octanol–water partition coefficient (Wildman–Crippen LogP) is -0.458. The number of carbonyl (C=O) groups is 2. The van der Waals surface area contributed by atoms with Gasteiger partial charge in [-0.3, -0.25) is 9.59 Å². The maximum atomic E-state index is 11.5. The summed E-state index contributed by atoms with van der Waals surface area (Å²) < 4.78 is 0. The number of aliphatic hydroxyl groups is 1. The Kier molecular flexibility index (Phi) is 4.55. The van der Waals surface area contributed by atoms with Gasteiger partial charge in [0.2, 0.25) is 11.8 Å². The fourth-order valence-corrected chi connectivity index (χ4v) is 1.59. The van der Waals surface area contributed by atoms with Crippen molar-refractivity contribution >= 4 is 11.8 Å². The smallest absolute Gasteiger partial charge is 0.242 e. The van der Waals surface area contributed by atoms with Crippen LogP contribution in [-0.4, -0.2) is 35.6 Å². The molecule has 5 heteroatoms. The Morgan fingerprint density at radius 2 is 2.47 bits per heavy atom. The highest BCUT2D eigenvalue weighted by Crippen LogP contribution is 2.06. The van der Waals surface area contributed by atoms with Gasteiger partial charge in [0.1, 0.15) is 6.04 Å². The van der Waals surface area contributed by atoms with Crippen LogP contribution in [0.1, 0.15) is 32.6 Å². The van der Waals surface area contributed by atoms with Gasteiger partial charge >= 0.3 is 0 Å². The zero-order chi connectivity index (χ0) is 11.3. The molecule has 0 aromatic heterocycles. The van der Waals surface area contributed by atoms with Gasteiger partial charge < -0.3 is 15.7 Å². The van der Waals surface area contributed by atoms with E-state index in [9.17, 15) is 14.7 Å². The lowest BCUT2D eigenvalue weighted by atomic mass is 10.2. The highest BCUT2D eigenvalue weighted by atomic mass is 16.3. The van der Waals surface area contributed by atoms with Crippen LogP contribution < -0.4 is 10.6 Å². The molecular weight excluding hydrogens is 196 g/mol. The molecule has 0 radical (unpaired) electrons. The van der Waals surface area contributed by atoms with Crippen molar-refractivity contribution in [1.82, 2.24) is 10.6 Å². The van der Waals surface area contributed by atoms with E-state index in [1.807, 2.05) is 6.92 Å². The standard InChI is InChI=1S/C10H18N2O3/c1-2-3-7(13)6-11-10(15)8-4-5-9(14)12-8/h7-8,13H,2-6H2,1H3,(H,11,15)(H,12,14). The van der Waals surface area contributed by atoms with Crippen molar-refractivity contribution in [3.8, 4) is 0 Å². The first kappa shape index (κ1) is 12.0. The fourth-order valence-electron chi connectivity index (χ4n) is 1.59. The van der Waals surface area contributed by atoms with Gasteiger partial charge in [0.15, 0.2) is 0 Å². The van der Waals surface area contributed by atoms with E-state index in [1.54, 1.807) is 0 Å². The van der Waals surface area contributed by atoms with E-state index in [2.05, 4.69) is 10.6 Å². The van der Waals surface area contributed by atoms with Gasteiger partial charge in [0, 0.05) is 13.0 Å². The SMILES string of the molecule is CCCC(O)CNC(=O)C1CCC(=O)N1. The number of nitrogens with one attached hydrogen (secondary N) is 2. The molecule has 2 amide bonds. The van der Waals surface area contributed by atoms with Crippen LogP contribution in [0.4, 0.5) is 0 Å². The quantitative estimate of drug-likeness (QED) is 0.579. The van der Waals surface area contributed by atoms with Crippen LogP contribution in [0.25, 0.3) is 0 Å². The van der Waals surface area contributed by atoms with Crippen molar-refractivity contribution in [2.45, 2.75) is 44.8 Å². The molecule has 1 rings (SSSR count). The summed E-state index contributed by atoms with van der Waals surface area (Å²) >= 11 is 0. The van der Waals surface area contributed by atoms with E-state index in [-0.39, 0.29) is 18.4 Å². The summed E-state index contributed by atoms with van der Waals surface area (Å²) in [5.74, 6) is -0.278. The number of aliphatic hydroxyl groups excluding tert-OH is 1. The maximum absolute atomic E-state index is 11.5. The number of carbonyl (C=O) groups excluding carboxylic acids is 2. The average molecular weight is 214 g/mol. The molecule has 1 saturated heterocycles. The molecule has 1 aliphatic heterocycles. The fraction of sp³-hybridized carbons (Fsp3) is 0.800. The molecule has 0 aromatic rings. The van der Waals surface area contributed by atoms with Crippen LogP contribution in [0.2, 0.25) is 0 Å². The molecule has 15 heavy (non-hydrogen) atoms. The number of hydrogen-bond donors (Lipinski definition) is 3. The monoisotopic (exact) mass is 214 g/mol. The lowest BCUT2D eigenvalue weighted by molar-refractivity contribution is -0.126. The van der Waals surface area contributed by atoms with E-state index < -0.39 is 12.1 Å². The molecule has 1 aliphatic rings. The topological polar surface area (TPSA) is 78.4 Å². The second kappa shape index (κ2) is 5.70. The average Bonchev–Trinajstić information content (AvgIpc) is 2.62. The molecule has 0 bridgehead atoms. The minimum absolute atomic E-state index is 0.0794. The van der Waals surface area contributed by atoms with Crippen LogP contribution in [-0.2, 0) is 9.59 Å². The molecule has 5 nitrogen and oxygen atoms in total. The third-order valence-corrected chi connectivity index (χ3v) is 2.45. The normalized spacial score (nSPS) is 22.3. The summed E-state index contributed by atoms with van der Waals surface area (Å²) in [4.78, 5) is 22.3. The van der Waals surface area contributed by atoms with E-state index in [0.29, 0.717) is 19.3 Å². The Hall–Kier alpha value is -1.10. The van der Waals surface area contributed by atoms with Crippen LogP contribution in [0, 0.1) is 0 Å². The first-order chi connectivity index (χ1) is 7.13. The Morgan fingerprint density at radius 3 is 3.00 bits per heavy atom. The summed E-state index contributed by atoms with van der Waals surface area (Å²) in [5, 5.41) is 14.6. The number of amides is 2. The van der Waals surface area contributed by atoms with E-state index in [0.717, 1.165) is 6.42 Å². The summed E-state index contributed by atoms with van der Waals surface area (Å²) in [6, 6.07) is -0.411. The van der Waals surface area contributed by atoms with Crippen LogP contribution in [0.3, 0.4) is 0 Å².